The summed E-state index contributed by atoms with van der Waals surface area (Å²) in [6, 6.07) is 6.60. The summed E-state index contributed by atoms with van der Waals surface area (Å²) in [5.41, 5.74) is -0.209. The van der Waals surface area contributed by atoms with Crippen LogP contribution in [0.1, 0.15) is 37.3 Å². The second-order valence-electron chi connectivity index (χ2n) is 8.17. The molecule has 0 spiro atoms. The van der Waals surface area contributed by atoms with Gasteiger partial charge in [-0.25, -0.2) is 13.1 Å². The second-order valence-corrected chi connectivity index (χ2v) is 11.3. The van der Waals surface area contributed by atoms with Crippen LogP contribution >= 0.6 is 11.3 Å². The molecular formula is C20H25F3N2O4S2. The first kappa shape index (κ1) is 23.8. The number of thiophene rings is 1. The van der Waals surface area contributed by atoms with Gasteiger partial charge in [-0.1, -0.05) is 0 Å². The Labute approximate surface area is 183 Å². The van der Waals surface area contributed by atoms with Gasteiger partial charge < -0.3 is 9.15 Å². The molecule has 1 atom stereocenters. The largest absolute Gasteiger partial charge is 0.488 e. The summed E-state index contributed by atoms with van der Waals surface area (Å²) in [6.45, 7) is 7.10. The maximum absolute atomic E-state index is 12.7. The van der Waals surface area contributed by atoms with Crippen LogP contribution in [0.15, 0.2) is 51.0 Å². The molecule has 0 fully saturated rings. The highest BCUT2D eigenvalue weighted by Crippen LogP contribution is 2.38. The third-order valence-electron chi connectivity index (χ3n) is 4.83. The maximum atomic E-state index is 12.7. The topological polar surface area (TPSA) is 71.8 Å². The lowest BCUT2D eigenvalue weighted by atomic mass is 10.1. The van der Waals surface area contributed by atoms with Gasteiger partial charge in [-0.05, 0) is 51.1 Å². The number of allylic oxidation sites excluding steroid dienone is 1. The molecule has 3 rings (SSSR count). The predicted molar refractivity (Wildman–Crippen MR) is 111 cm³/mol. The van der Waals surface area contributed by atoms with Gasteiger partial charge in [-0.2, -0.15) is 13.2 Å². The number of hydrogen-bond acceptors (Lipinski definition) is 6. The smallest absolute Gasteiger partial charge is 0.448 e. The van der Waals surface area contributed by atoms with Crippen molar-refractivity contribution in [2.45, 2.75) is 49.2 Å². The molecule has 172 valence electrons. The number of alkyl halides is 3. The van der Waals surface area contributed by atoms with Crippen molar-refractivity contribution in [3.63, 3.8) is 0 Å². The summed E-state index contributed by atoms with van der Waals surface area (Å²) in [6.07, 6.45) is -1.96. The fourth-order valence-corrected chi connectivity index (χ4v) is 5.55. The van der Waals surface area contributed by atoms with Crippen LogP contribution in [0.4, 0.5) is 13.2 Å². The Morgan fingerprint density at radius 1 is 1.23 bits per heavy atom. The van der Waals surface area contributed by atoms with E-state index < -0.39 is 27.9 Å². The van der Waals surface area contributed by atoms with Gasteiger partial charge in [-0.3, -0.25) is 4.90 Å². The summed E-state index contributed by atoms with van der Waals surface area (Å²) >= 11 is 0.947. The number of nitrogens with zero attached hydrogens (tertiary/aromatic N) is 1. The highest BCUT2D eigenvalue weighted by Gasteiger charge is 2.40. The average molecular weight is 479 g/mol. The zero-order valence-corrected chi connectivity index (χ0v) is 19.0. The summed E-state index contributed by atoms with van der Waals surface area (Å²) in [4.78, 5) is 2.60. The quantitative estimate of drug-likeness (QED) is 0.606. The molecule has 3 heterocycles. The molecule has 1 aliphatic rings. The van der Waals surface area contributed by atoms with E-state index in [0.29, 0.717) is 18.0 Å². The minimum Gasteiger partial charge on any atom is -0.488 e. The summed E-state index contributed by atoms with van der Waals surface area (Å²) in [7, 11) is -3.78. The van der Waals surface area contributed by atoms with Gasteiger partial charge in [0, 0.05) is 29.4 Å². The Kier molecular flexibility index (Phi) is 6.90. The van der Waals surface area contributed by atoms with Crippen LogP contribution in [-0.4, -0.2) is 44.7 Å². The van der Waals surface area contributed by atoms with Crippen LogP contribution < -0.4 is 4.72 Å². The van der Waals surface area contributed by atoms with E-state index >= 15 is 0 Å². The third kappa shape index (κ3) is 6.12. The van der Waals surface area contributed by atoms with Crippen LogP contribution in [-0.2, 0) is 21.3 Å². The molecule has 31 heavy (non-hydrogen) atoms. The first-order chi connectivity index (χ1) is 14.4. The van der Waals surface area contributed by atoms with Gasteiger partial charge in [0.1, 0.15) is 9.97 Å². The Bertz CT molecular complexity index is 1010. The zero-order valence-electron chi connectivity index (χ0n) is 17.4. The van der Waals surface area contributed by atoms with Crippen LogP contribution in [0, 0.1) is 0 Å². The zero-order chi connectivity index (χ0) is 22.9. The average Bonchev–Trinajstić information content (AvgIpc) is 3.39. The molecule has 0 amide bonds. The van der Waals surface area contributed by atoms with Gasteiger partial charge in [-0.15, -0.1) is 11.3 Å². The Balaban J connectivity index is 1.62. The number of sulfonamides is 1. The molecule has 11 heteroatoms. The van der Waals surface area contributed by atoms with E-state index in [-0.39, 0.29) is 22.9 Å². The van der Waals surface area contributed by atoms with Crippen LogP contribution in [0.25, 0.3) is 0 Å². The van der Waals surface area contributed by atoms with Gasteiger partial charge in [0.15, 0.2) is 5.76 Å². The SMILES string of the molecule is CC(C)(C)N(CCNS(=O)(=O)c1ccc(C2C=C(C(F)(F)F)OC2)s1)Cc1ccco1. The molecule has 0 aromatic carbocycles. The number of ether oxygens (including phenoxy) is 1. The molecule has 0 aliphatic carbocycles. The monoisotopic (exact) mass is 478 g/mol. The van der Waals surface area contributed by atoms with Crippen LogP contribution in [0.2, 0.25) is 0 Å². The van der Waals surface area contributed by atoms with Crippen molar-refractivity contribution in [3.8, 4) is 0 Å². The molecule has 0 saturated carbocycles. The molecule has 0 saturated heterocycles. The molecular weight excluding hydrogens is 453 g/mol. The highest BCUT2D eigenvalue weighted by atomic mass is 32.2. The lowest BCUT2D eigenvalue weighted by Gasteiger charge is -2.35. The van der Waals surface area contributed by atoms with Crippen molar-refractivity contribution in [2.24, 2.45) is 0 Å². The van der Waals surface area contributed by atoms with E-state index in [9.17, 15) is 21.6 Å². The molecule has 6 nitrogen and oxygen atoms in total. The number of hydrogen-bond donors (Lipinski definition) is 1. The lowest BCUT2D eigenvalue weighted by molar-refractivity contribution is -0.126. The Hall–Kier alpha value is -1.82. The standard InChI is InChI=1S/C20H25F3N2O4S2/c1-19(2,3)25(12-15-5-4-10-28-15)9-8-24-31(26,27)18-7-6-16(30-18)14-11-17(29-13-14)20(21,22)23/h4-7,10-11,14,24H,8-9,12-13H2,1-3H3. The van der Waals surface area contributed by atoms with Crippen molar-refractivity contribution in [1.29, 1.82) is 0 Å². The van der Waals surface area contributed by atoms with E-state index in [0.717, 1.165) is 23.2 Å². The summed E-state index contributed by atoms with van der Waals surface area (Å²) in [5.74, 6) is -0.867. The fourth-order valence-electron chi connectivity index (χ4n) is 3.11. The van der Waals surface area contributed by atoms with Gasteiger partial charge in [0.05, 0.1) is 19.4 Å². The van der Waals surface area contributed by atoms with E-state index in [1.807, 2.05) is 26.8 Å². The van der Waals surface area contributed by atoms with Crippen molar-refractivity contribution in [3.05, 3.63) is 53.0 Å². The lowest BCUT2D eigenvalue weighted by Crippen LogP contribution is -2.44. The third-order valence-corrected chi connectivity index (χ3v) is 8.00. The van der Waals surface area contributed by atoms with Gasteiger partial charge >= 0.3 is 6.18 Å². The van der Waals surface area contributed by atoms with Crippen LogP contribution in [0.3, 0.4) is 0 Å². The summed E-state index contributed by atoms with van der Waals surface area (Å²) in [5, 5.41) is 0. The second kappa shape index (κ2) is 8.97. The van der Waals surface area contributed by atoms with Crippen molar-refractivity contribution in [1.82, 2.24) is 9.62 Å². The normalized spacial score (nSPS) is 17.8. The van der Waals surface area contributed by atoms with Crippen molar-refractivity contribution in [2.75, 3.05) is 19.7 Å². The highest BCUT2D eigenvalue weighted by molar-refractivity contribution is 7.91. The first-order valence-corrected chi connectivity index (χ1v) is 11.9. The van der Waals surface area contributed by atoms with E-state index in [1.165, 1.54) is 12.1 Å². The van der Waals surface area contributed by atoms with Crippen molar-refractivity contribution < 1.29 is 30.7 Å². The predicted octanol–water partition coefficient (Wildman–Crippen LogP) is 4.48. The number of halogens is 3. The van der Waals surface area contributed by atoms with Crippen molar-refractivity contribution >= 4 is 21.4 Å². The van der Waals surface area contributed by atoms with Crippen LogP contribution in [0.5, 0.6) is 0 Å². The van der Waals surface area contributed by atoms with Gasteiger partial charge in [0.2, 0.25) is 10.0 Å². The fraction of sp³-hybridized carbons (Fsp3) is 0.500. The molecule has 0 radical (unpaired) electrons. The first-order valence-electron chi connectivity index (χ1n) is 9.65. The molecule has 1 N–H and O–H groups in total. The van der Waals surface area contributed by atoms with E-state index in [4.69, 9.17) is 9.15 Å². The Morgan fingerprint density at radius 2 is 1.97 bits per heavy atom. The molecule has 1 unspecified atom stereocenters. The summed E-state index contributed by atoms with van der Waals surface area (Å²) < 4.78 is 76.3. The molecule has 2 aromatic heterocycles. The molecule has 1 aliphatic heterocycles. The number of furan rings is 1. The maximum Gasteiger partial charge on any atom is 0.448 e. The van der Waals surface area contributed by atoms with E-state index in [2.05, 4.69) is 9.62 Å². The molecule has 2 aromatic rings. The Morgan fingerprint density at radius 3 is 2.55 bits per heavy atom. The minimum atomic E-state index is -4.54. The minimum absolute atomic E-state index is 0.0599. The molecule has 0 bridgehead atoms. The van der Waals surface area contributed by atoms with E-state index in [1.54, 1.807) is 12.3 Å². The number of rotatable bonds is 8. The van der Waals surface area contributed by atoms with Gasteiger partial charge in [0.25, 0.3) is 0 Å². The number of nitrogens with one attached hydrogen (secondary N) is 1.